The van der Waals surface area contributed by atoms with Crippen LogP contribution in [0, 0.1) is 6.92 Å². The molecular formula is C12H17FN2O2. The molecule has 2 heterocycles. The molecule has 0 bridgehead atoms. The molecule has 0 amide bonds. The van der Waals surface area contributed by atoms with E-state index in [1.807, 2.05) is 11.8 Å². The molecule has 1 aliphatic heterocycles. The number of halogens is 1. The average molecular weight is 240 g/mol. The Labute approximate surface area is 99.7 Å². The van der Waals surface area contributed by atoms with Crippen LogP contribution in [0.1, 0.15) is 17.8 Å². The van der Waals surface area contributed by atoms with Crippen LogP contribution in [0.2, 0.25) is 0 Å². The van der Waals surface area contributed by atoms with Gasteiger partial charge in [0.2, 0.25) is 0 Å². The number of pyridine rings is 1. The second kappa shape index (κ2) is 4.98. The minimum absolute atomic E-state index is 0.0625. The lowest BCUT2D eigenvalue weighted by atomic mass is 10.2. The Bertz CT molecular complexity index is 400. The third-order valence-corrected chi connectivity index (χ3v) is 3.13. The molecule has 2 rings (SSSR count). The molecule has 1 aromatic rings. The molecule has 1 aliphatic rings. The molecule has 0 saturated carbocycles. The number of aliphatic hydroxyl groups is 1. The van der Waals surface area contributed by atoms with Crippen molar-refractivity contribution in [3.63, 3.8) is 0 Å². The van der Waals surface area contributed by atoms with Gasteiger partial charge in [-0.05, 0) is 25.5 Å². The molecule has 1 aromatic heterocycles. The van der Waals surface area contributed by atoms with Crippen LogP contribution in [-0.2, 0) is 6.54 Å². The van der Waals surface area contributed by atoms with Crippen molar-refractivity contribution in [3.8, 4) is 5.75 Å². The molecule has 2 atom stereocenters. The SMILES string of the molecule is Cc1ccc(O)c(CN2C[C@@H](F)C[C@H]2CO)n1. The third-order valence-electron chi connectivity index (χ3n) is 3.13. The number of hydrogen-bond acceptors (Lipinski definition) is 4. The van der Waals surface area contributed by atoms with Crippen molar-refractivity contribution >= 4 is 0 Å². The van der Waals surface area contributed by atoms with Crippen molar-refractivity contribution < 1.29 is 14.6 Å². The van der Waals surface area contributed by atoms with E-state index in [1.54, 1.807) is 12.1 Å². The van der Waals surface area contributed by atoms with Gasteiger partial charge in [-0.2, -0.15) is 0 Å². The third kappa shape index (κ3) is 2.73. The zero-order valence-electron chi connectivity index (χ0n) is 9.80. The maximum Gasteiger partial charge on any atom is 0.138 e. The lowest BCUT2D eigenvalue weighted by Crippen LogP contribution is -2.32. The highest BCUT2D eigenvalue weighted by Gasteiger charge is 2.32. The highest BCUT2D eigenvalue weighted by Crippen LogP contribution is 2.24. The highest BCUT2D eigenvalue weighted by atomic mass is 19.1. The topological polar surface area (TPSA) is 56.6 Å². The van der Waals surface area contributed by atoms with E-state index >= 15 is 0 Å². The van der Waals surface area contributed by atoms with Crippen LogP contribution in [0.3, 0.4) is 0 Å². The first-order valence-electron chi connectivity index (χ1n) is 5.74. The Hall–Kier alpha value is -1.20. The summed E-state index contributed by atoms with van der Waals surface area (Å²) in [6.07, 6.45) is -0.553. The van der Waals surface area contributed by atoms with Crippen molar-refractivity contribution in [3.05, 3.63) is 23.5 Å². The predicted molar refractivity (Wildman–Crippen MR) is 61.4 cm³/mol. The minimum Gasteiger partial charge on any atom is -0.506 e. The second-order valence-corrected chi connectivity index (χ2v) is 4.52. The molecule has 5 heteroatoms. The second-order valence-electron chi connectivity index (χ2n) is 4.52. The number of alkyl halides is 1. The van der Waals surface area contributed by atoms with Gasteiger partial charge in [0, 0.05) is 24.8 Å². The Morgan fingerprint density at radius 1 is 1.53 bits per heavy atom. The van der Waals surface area contributed by atoms with Crippen molar-refractivity contribution in [1.29, 1.82) is 0 Å². The van der Waals surface area contributed by atoms with Gasteiger partial charge in [0.15, 0.2) is 0 Å². The van der Waals surface area contributed by atoms with E-state index in [9.17, 15) is 9.50 Å². The van der Waals surface area contributed by atoms with Crippen molar-refractivity contribution in [2.45, 2.75) is 32.1 Å². The fraction of sp³-hybridized carbons (Fsp3) is 0.583. The average Bonchev–Trinajstić information content (AvgIpc) is 2.64. The molecule has 0 spiro atoms. The molecule has 0 aliphatic carbocycles. The van der Waals surface area contributed by atoms with Crippen LogP contribution in [0.4, 0.5) is 4.39 Å². The Kier molecular flexibility index (Phi) is 3.59. The van der Waals surface area contributed by atoms with Crippen LogP contribution in [0.5, 0.6) is 5.75 Å². The maximum absolute atomic E-state index is 13.3. The summed E-state index contributed by atoms with van der Waals surface area (Å²) in [4.78, 5) is 6.06. The van der Waals surface area contributed by atoms with Crippen molar-refractivity contribution in [2.75, 3.05) is 13.2 Å². The van der Waals surface area contributed by atoms with Gasteiger partial charge in [-0.15, -0.1) is 0 Å². The number of likely N-dealkylation sites (tertiary alicyclic amines) is 1. The van der Waals surface area contributed by atoms with Gasteiger partial charge in [0.25, 0.3) is 0 Å². The van der Waals surface area contributed by atoms with Crippen LogP contribution in [-0.4, -0.2) is 45.5 Å². The molecule has 4 nitrogen and oxygen atoms in total. The number of aromatic hydroxyl groups is 1. The fourth-order valence-electron chi connectivity index (χ4n) is 2.22. The number of aromatic nitrogens is 1. The fourth-order valence-corrected chi connectivity index (χ4v) is 2.22. The number of nitrogens with zero attached hydrogens (tertiary/aromatic N) is 2. The Balaban J connectivity index is 2.12. The van der Waals surface area contributed by atoms with Crippen molar-refractivity contribution in [1.82, 2.24) is 9.88 Å². The zero-order valence-corrected chi connectivity index (χ0v) is 9.80. The smallest absolute Gasteiger partial charge is 0.138 e. The molecule has 2 N–H and O–H groups in total. The monoisotopic (exact) mass is 240 g/mol. The largest absolute Gasteiger partial charge is 0.506 e. The van der Waals surface area contributed by atoms with Gasteiger partial charge in [0.1, 0.15) is 11.9 Å². The summed E-state index contributed by atoms with van der Waals surface area (Å²) in [5.41, 5.74) is 1.35. The lowest BCUT2D eigenvalue weighted by Gasteiger charge is -2.22. The number of rotatable bonds is 3. The van der Waals surface area contributed by atoms with E-state index in [1.165, 1.54) is 0 Å². The summed E-state index contributed by atoms with van der Waals surface area (Å²) in [5.74, 6) is 0.120. The summed E-state index contributed by atoms with van der Waals surface area (Å²) >= 11 is 0. The molecule has 0 radical (unpaired) electrons. The van der Waals surface area contributed by atoms with E-state index in [0.717, 1.165) is 5.69 Å². The zero-order chi connectivity index (χ0) is 12.4. The van der Waals surface area contributed by atoms with Crippen LogP contribution < -0.4 is 0 Å². The molecular weight excluding hydrogens is 223 g/mol. The molecule has 1 saturated heterocycles. The first-order valence-corrected chi connectivity index (χ1v) is 5.74. The van der Waals surface area contributed by atoms with E-state index in [2.05, 4.69) is 4.98 Å². The van der Waals surface area contributed by atoms with Gasteiger partial charge >= 0.3 is 0 Å². The first-order chi connectivity index (χ1) is 8.10. The lowest BCUT2D eigenvalue weighted by molar-refractivity contribution is 0.151. The van der Waals surface area contributed by atoms with Crippen LogP contribution in [0.25, 0.3) is 0 Å². The molecule has 0 aromatic carbocycles. The molecule has 1 fully saturated rings. The predicted octanol–water partition coefficient (Wildman–Crippen LogP) is 1.00. The first kappa shape index (κ1) is 12.3. The minimum atomic E-state index is -0.904. The van der Waals surface area contributed by atoms with Gasteiger partial charge in [-0.3, -0.25) is 9.88 Å². The highest BCUT2D eigenvalue weighted by molar-refractivity contribution is 5.27. The number of aryl methyl sites for hydroxylation is 1. The summed E-state index contributed by atoms with van der Waals surface area (Å²) in [7, 11) is 0. The molecule has 17 heavy (non-hydrogen) atoms. The van der Waals surface area contributed by atoms with Crippen LogP contribution in [0.15, 0.2) is 12.1 Å². The van der Waals surface area contributed by atoms with E-state index < -0.39 is 6.17 Å². The molecule has 0 unspecified atom stereocenters. The summed E-state index contributed by atoms with van der Waals surface area (Å²) in [6, 6.07) is 3.14. The standard InChI is InChI=1S/C12H17FN2O2/c1-8-2-3-12(17)11(14-8)6-15-5-9(13)4-10(15)7-16/h2-3,9-10,16-17H,4-7H2,1H3/t9-,10-/m0/s1. The van der Waals surface area contributed by atoms with Gasteiger partial charge < -0.3 is 10.2 Å². The van der Waals surface area contributed by atoms with Gasteiger partial charge in [-0.25, -0.2) is 4.39 Å². The van der Waals surface area contributed by atoms with E-state index in [4.69, 9.17) is 5.11 Å². The maximum atomic E-state index is 13.3. The summed E-state index contributed by atoms with van der Waals surface area (Å²) in [6.45, 7) is 2.45. The number of hydrogen-bond donors (Lipinski definition) is 2. The summed E-state index contributed by atoms with van der Waals surface area (Å²) in [5, 5.41) is 18.8. The van der Waals surface area contributed by atoms with Crippen molar-refractivity contribution in [2.24, 2.45) is 0 Å². The Morgan fingerprint density at radius 3 is 3.00 bits per heavy atom. The molecule has 94 valence electrons. The summed E-state index contributed by atoms with van der Waals surface area (Å²) < 4.78 is 13.3. The normalized spacial score (nSPS) is 25.4. The van der Waals surface area contributed by atoms with Gasteiger partial charge in [-0.1, -0.05) is 0 Å². The Morgan fingerprint density at radius 2 is 2.29 bits per heavy atom. The van der Waals surface area contributed by atoms with Gasteiger partial charge in [0.05, 0.1) is 12.3 Å². The number of aliphatic hydroxyl groups excluding tert-OH is 1. The van der Waals surface area contributed by atoms with E-state index in [-0.39, 0.29) is 18.4 Å². The quantitative estimate of drug-likeness (QED) is 0.827. The van der Waals surface area contributed by atoms with E-state index in [0.29, 0.717) is 25.2 Å². The van der Waals surface area contributed by atoms with Crippen LogP contribution >= 0.6 is 0 Å².